The molecule has 140 valence electrons. The van der Waals surface area contributed by atoms with Crippen LogP contribution in [0.3, 0.4) is 0 Å². The fourth-order valence-corrected chi connectivity index (χ4v) is 4.82. The van der Waals surface area contributed by atoms with Gasteiger partial charge >= 0.3 is 5.63 Å². The molecule has 0 aliphatic heterocycles. The molecule has 1 aliphatic rings. The molecule has 0 bridgehead atoms. The topological polar surface area (TPSA) is 97.1 Å². The number of aromatic nitrogens is 2. The van der Waals surface area contributed by atoms with Crippen molar-refractivity contribution in [2.75, 3.05) is 5.43 Å². The number of thiophene rings is 1. The van der Waals surface area contributed by atoms with Crippen molar-refractivity contribution in [3.05, 3.63) is 63.1 Å². The number of amides is 1. The molecule has 0 spiro atoms. The number of aryl methyl sites for hydroxylation is 2. The molecular weight excluding hydrogens is 376 g/mol. The van der Waals surface area contributed by atoms with Crippen molar-refractivity contribution in [1.82, 2.24) is 15.4 Å². The Hall–Kier alpha value is -3.26. The van der Waals surface area contributed by atoms with Gasteiger partial charge in [0.15, 0.2) is 5.82 Å². The van der Waals surface area contributed by atoms with Crippen LogP contribution in [-0.4, -0.2) is 15.9 Å². The first-order valence-corrected chi connectivity index (χ1v) is 9.87. The Morgan fingerprint density at radius 2 is 2.00 bits per heavy atom. The van der Waals surface area contributed by atoms with Crippen LogP contribution in [-0.2, 0) is 12.8 Å². The first-order chi connectivity index (χ1) is 13.7. The van der Waals surface area contributed by atoms with E-state index in [2.05, 4.69) is 20.8 Å². The van der Waals surface area contributed by atoms with E-state index in [4.69, 9.17) is 4.42 Å². The van der Waals surface area contributed by atoms with Crippen LogP contribution < -0.4 is 16.5 Å². The third kappa shape index (κ3) is 2.82. The van der Waals surface area contributed by atoms with Crippen LogP contribution in [0.25, 0.3) is 21.2 Å². The Morgan fingerprint density at radius 3 is 2.93 bits per heavy atom. The first-order valence-electron chi connectivity index (χ1n) is 9.05. The van der Waals surface area contributed by atoms with Gasteiger partial charge in [0, 0.05) is 10.3 Å². The number of carbonyl (C=O) groups excluding carboxylic acids is 1. The van der Waals surface area contributed by atoms with Gasteiger partial charge in [-0.15, -0.1) is 11.3 Å². The van der Waals surface area contributed by atoms with Gasteiger partial charge in [-0.05, 0) is 43.4 Å². The van der Waals surface area contributed by atoms with Crippen LogP contribution in [0, 0.1) is 0 Å². The van der Waals surface area contributed by atoms with Gasteiger partial charge < -0.3 is 4.42 Å². The average molecular weight is 392 g/mol. The van der Waals surface area contributed by atoms with Crippen LogP contribution in [0.5, 0.6) is 0 Å². The van der Waals surface area contributed by atoms with Crippen molar-refractivity contribution in [2.45, 2.75) is 25.7 Å². The molecule has 5 rings (SSSR count). The fourth-order valence-electron chi connectivity index (χ4n) is 3.59. The summed E-state index contributed by atoms with van der Waals surface area (Å²) in [4.78, 5) is 35.6. The number of nitrogens with zero attached hydrogens (tertiary/aromatic N) is 2. The minimum atomic E-state index is -0.682. The largest absolute Gasteiger partial charge is 0.422 e. The second-order valence-corrected chi connectivity index (χ2v) is 7.76. The number of benzene rings is 1. The molecule has 0 saturated heterocycles. The van der Waals surface area contributed by atoms with Crippen LogP contribution in [0.1, 0.15) is 33.6 Å². The molecule has 7 nitrogen and oxygen atoms in total. The summed E-state index contributed by atoms with van der Waals surface area (Å²) in [6.07, 6.45) is 5.84. The lowest BCUT2D eigenvalue weighted by Crippen LogP contribution is -2.33. The van der Waals surface area contributed by atoms with E-state index in [9.17, 15) is 9.59 Å². The zero-order chi connectivity index (χ0) is 19.1. The van der Waals surface area contributed by atoms with Gasteiger partial charge in [0.25, 0.3) is 5.91 Å². The Kier molecular flexibility index (Phi) is 4.05. The minimum absolute atomic E-state index is 0.0659. The number of nitrogens with one attached hydrogen (secondary N) is 2. The quantitative estimate of drug-likeness (QED) is 0.410. The summed E-state index contributed by atoms with van der Waals surface area (Å²) in [5, 5.41) is 1.64. The lowest BCUT2D eigenvalue weighted by Gasteiger charge is -2.12. The van der Waals surface area contributed by atoms with Gasteiger partial charge in [0.05, 0.1) is 5.39 Å². The van der Waals surface area contributed by atoms with E-state index in [1.54, 1.807) is 29.5 Å². The first kappa shape index (κ1) is 16.9. The van der Waals surface area contributed by atoms with Gasteiger partial charge in [-0.1, -0.05) is 18.2 Å². The molecule has 4 aromatic rings. The SMILES string of the molecule is O=C(NNc1ncnc2sc3c(c12)CCCC3)c1cc2ccccc2oc1=O. The molecule has 3 heterocycles. The smallest absolute Gasteiger partial charge is 0.349 e. The normalized spacial score (nSPS) is 13.4. The third-order valence-corrected chi connectivity index (χ3v) is 6.13. The maximum Gasteiger partial charge on any atom is 0.349 e. The van der Waals surface area contributed by atoms with Crippen molar-refractivity contribution in [2.24, 2.45) is 0 Å². The molecule has 3 aromatic heterocycles. The van der Waals surface area contributed by atoms with E-state index in [0.29, 0.717) is 16.8 Å². The van der Waals surface area contributed by atoms with Gasteiger partial charge in [-0.2, -0.15) is 0 Å². The highest BCUT2D eigenvalue weighted by Crippen LogP contribution is 2.37. The number of para-hydroxylation sites is 1. The molecule has 28 heavy (non-hydrogen) atoms. The number of hydrogen-bond acceptors (Lipinski definition) is 7. The van der Waals surface area contributed by atoms with Crippen LogP contribution in [0.15, 0.2) is 45.9 Å². The molecule has 0 atom stereocenters. The Bertz CT molecular complexity index is 1280. The number of carbonyl (C=O) groups is 1. The molecule has 8 heteroatoms. The van der Waals surface area contributed by atoms with Crippen molar-refractivity contribution in [3.63, 3.8) is 0 Å². The van der Waals surface area contributed by atoms with Crippen molar-refractivity contribution in [3.8, 4) is 0 Å². The molecule has 0 fully saturated rings. The Morgan fingerprint density at radius 1 is 1.14 bits per heavy atom. The highest BCUT2D eigenvalue weighted by atomic mass is 32.1. The maximum atomic E-state index is 12.6. The van der Waals surface area contributed by atoms with E-state index < -0.39 is 11.5 Å². The zero-order valence-electron chi connectivity index (χ0n) is 14.8. The highest BCUT2D eigenvalue weighted by Gasteiger charge is 2.20. The summed E-state index contributed by atoms with van der Waals surface area (Å²) < 4.78 is 5.23. The summed E-state index contributed by atoms with van der Waals surface area (Å²) in [6.45, 7) is 0. The van der Waals surface area contributed by atoms with E-state index in [1.165, 1.54) is 29.3 Å². The van der Waals surface area contributed by atoms with Crippen LogP contribution in [0.2, 0.25) is 0 Å². The second-order valence-electron chi connectivity index (χ2n) is 6.68. The third-order valence-electron chi connectivity index (χ3n) is 4.93. The summed E-state index contributed by atoms with van der Waals surface area (Å²) in [5.41, 5.74) is 6.40. The van der Waals surface area contributed by atoms with Gasteiger partial charge in [-0.25, -0.2) is 14.8 Å². The Balaban J connectivity index is 1.45. The fraction of sp³-hybridized carbons (Fsp3) is 0.200. The summed E-state index contributed by atoms with van der Waals surface area (Å²) in [6, 6.07) is 8.59. The van der Waals surface area contributed by atoms with Crippen LogP contribution in [0.4, 0.5) is 5.82 Å². The number of anilines is 1. The molecule has 0 unspecified atom stereocenters. The maximum absolute atomic E-state index is 12.6. The molecule has 2 N–H and O–H groups in total. The van der Waals surface area contributed by atoms with Gasteiger partial charge in [0.2, 0.25) is 0 Å². The van der Waals surface area contributed by atoms with Crippen LogP contribution >= 0.6 is 11.3 Å². The number of rotatable bonds is 3. The standard InChI is InChI=1S/C20H16N4O3S/c25-18(13-9-11-5-1-3-7-14(11)27-20(13)26)24-23-17-16-12-6-2-4-8-15(12)28-19(16)22-10-21-17/h1,3,5,7,9-10H,2,4,6,8H2,(H,24,25)(H,21,22,23). The predicted octanol–water partition coefficient (Wildman–Crippen LogP) is 3.43. The summed E-state index contributed by atoms with van der Waals surface area (Å²) in [7, 11) is 0. The molecule has 0 saturated carbocycles. The molecule has 1 aromatic carbocycles. The van der Waals surface area contributed by atoms with Crippen molar-refractivity contribution < 1.29 is 9.21 Å². The molecule has 1 aliphatic carbocycles. The van der Waals surface area contributed by atoms with Crippen molar-refractivity contribution in [1.29, 1.82) is 0 Å². The number of hydrogen-bond donors (Lipinski definition) is 2. The highest BCUT2D eigenvalue weighted by molar-refractivity contribution is 7.19. The lowest BCUT2D eigenvalue weighted by atomic mass is 9.97. The lowest BCUT2D eigenvalue weighted by molar-refractivity contribution is 0.0959. The zero-order valence-corrected chi connectivity index (χ0v) is 15.6. The second kappa shape index (κ2) is 6.72. The number of fused-ring (bicyclic) bond motifs is 4. The summed E-state index contributed by atoms with van der Waals surface area (Å²) in [5.74, 6) is -0.0294. The average Bonchev–Trinajstić information content (AvgIpc) is 3.10. The minimum Gasteiger partial charge on any atom is -0.422 e. The predicted molar refractivity (Wildman–Crippen MR) is 108 cm³/mol. The Labute approximate surface area is 163 Å². The van der Waals surface area contributed by atoms with E-state index in [1.807, 2.05) is 6.07 Å². The molecule has 1 amide bonds. The summed E-state index contributed by atoms with van der Waals surface area (Å²) >= 11 is 1.68. The molecular formula is C20H16N4O3S. The van der Waals surface area contributed by atoms with Gasteiger partial charge in [-0.3, -0.25) is 15.6 Å². The van der Waals surface area contributed by atoms with Gasteiger partial charge in [0.1, 0.15) is 22.3 Å². The van der Waals surface area contributed by atoms with E-state index in [-0.39, 0.29) is 5.56 Å². The van der Waals surface area contributed by atoms with E-state index in [0.717, 1.165) is 29.5 Å². The van der Waals surface area contributed by atoms with E-state index >= 15 is 0 Å². The monoisotopic (exact) mass is 392 g/mol. The van der Waals surface area contributed by atoms with Crippen molar-refractivity contribution >= 4 is 44.2 Å². The molecule has 0 radical (unpaired) electrons. The number of hydrazine groups is 1.